The van der Waals surface area contributed by atoms with Gasteiger partial charge in [0.15, 0.2) is 0 Å². The molecule has 0 aromatic carbocycles. The Morgan fingerprint density at radius 3 is 1.37 bits per heavy atom. The minimum atomic E-state index is -0.830. The molecule has 0 aromatic rings. The van der Waals surface area contributed by atoms with Gasteiger partial charge in [-0.1, -0.05) is 167 Å². The van der Waals surface area contributed by atoms with Gasteiger partial charge in [-0.3, -0.25) is 4.79 Å². The number of allylic oxidation sites excluding steroid dienone is 1. The Morgan fingerprint density at radius 1 is 0.605 bits per heavy atom. The molecule has 0 heterocycles. The molecule has 0 aliphatic heterocycles. The van der Waals surface area contributed by atoms with Crippen molar-refractivity contribution in [1.29, 1.82) is 0 Å². The summed E-state index contributed by atoms with van der Waals surface area (Å²) in [6.07, 6.45) is 35.7. The zero-order valence-corrected chi connectivity index (χ0v) is 25.7. The van der Waals surface area contributed by atoms with Crippen molar-refractivity contribution in [3.05, 3.63) is 12.2 Å². The van der Waals surface area contributed by atoms with Crippen LogP contribution in [0, 0.1) is 0 Å². The van der Waals surface area contributed by atoms with E-state index in [-0.39, 0.29) is 12.5 Å². The summed E-state index contributed by atoms with van der Waals surface area (Å²) < 4.78 is 0. The first-order chi connectivity index (χ1) is 18.7. The first kappa shape index (κ1) is 37.1. The molecule has 226 valence electrons. The molecular weight excluding hydrogens is 470 g/mol. The summed E-state index contributed by atoms with van der Waals surface area (Å²) in [4.78, 5) is 12.2. The molecule has 38 heavy (non-hydrogen) atoms. The average Bonchev–Trinajstić information content (AvgIpc) is 2.92. The minimum Gasteiger partial charge on any atom is -0.394 e. The Hall–Kier alpha value is -0.870. The van der Waals surface area contributed by atoms with Gasteiger partial charge in [0.2, 0.25) is 5.91 Å². The zero-order valence-electron chi connectivity index (χ0n) is 25.7. The molecular formula is C34H67NO3. The van der Waals surface area contributed by atoms with Crippen molar-refractivity contribution in [1.82, 2.24) is 5.32 Å². The van der Waals surface area contributed by atoms with E-state index in [0.29, 0.717) is 6.42 Å². The number of aliphatic hydroxyl groups is 2. The first-order valence-corrected chi connectivity index (χ1v) is 16.9. The number of hydrogen-bond acceptors (Lipinski definition) is 3. The molecule has 0 unspecified atom stereocenters. The molecule has 0 aromatic heterocycles. The number of rotatable bonds is 30. The number of carbonyl (C=O) groups is 1. The van der Waals surface area contributed by atoms with Crippen molar-refractivity contribution in [2.45, 2.75) is 193 Å². The van der Waals surface area contributed by atoms with Gasteiger partial charge in [-0.05, 0) is 19.3 Å². The van der Waals surface area contributed by atoms with Gasteiger partial charge in [0.25, 0.3) is 0 Å². The van der Waals surface area contributed by atoms with Crippen LogP contribution in [0.1, 0.15) is 181 Å². The van der Waals surface area contributed by atoms with Gasteiger partial charge < -0.3 is 15.5 Å². The highest BCUT2D eigenvalue weighted by molar-refractivity contribution is 5.76. The van der Waals surface area contributed by atoms with Crippen LogP contribution in [0.2, 0.25) is 0 Å². The van der Waals surface area contributed by atoms with Gasteiger partial charge in [0, 0.05) is 6.42 Å². The van der Waals surface area contributed by atoms with Crippen LogP contribution in [-0.4, -0.2) is 34.9 Å². The number of nitrogens with one attached hydrogen (secondary N) is 1. The lowest BCUT2D eigenvalue weighted by Crippen LogP contribution is -2.45. The van der Waals surface area contributed by atoms with Crippen molar-refractivity contribution in [2.75, 3.05) is 6.61 Å². The Balaban J connectivity index is 3.59. The van der Waals surface area contributed by atoms with Crippen LogP contribution in [0.4, 0.5) is 0 Å². The Labute approximate surface area is 237 Å². The van der Waals surface area contributed by atoms with E-state index in [1.165, 1.54) is 135 Å². The maximum absolute atomic E-state index is 12.2. The highest BCUT2D eigenvalue weighted by Gasteiger charge is 2.17. The molecule has 0 bridgehead atoms. The fourth-order valence-electron chi connectivity index (χ4n) is 5.12. The Morgan fingerprint density at radius 2 is 0.974 bits per heavy atom. The van der Waals surface area contributed by atoms with Crippen LogP contribution >= 0.6 is 0 Å². The monoisotopic (exact) mass is 538 g/mol. The fraction of sp³-hybridized carbons (Fsp3) is 0.912. The van der Waals surface area contributed by atoms with E-state index < -0.39 is 12.1 Å². The maximum Gasteiger partial charge on any atom is 0.220 e. The molecule has 0 aliphatic rings. The molecule has 0 saturated carbocycles. The Bertz CT molecular complexity index is 508. The van der Waals surface area contributed by atoms with Gasteiger partial charge >= 0.3 is 0 Å². The summed E-state index contributed by atoms with van der Waals surface area (Å²) in [7, 11) is 0. The van der Waals surface area contributed by atoms with Crippen molar-refractivity contribution in [2.24, 2.45) is 0 Å². The predicted molar refractivity (Wildman–Crippen MR) is 166 cm³/mol. The highest BCUT2D eigenvalue weighted by atomic mass is 16.3. The summed E-state index contributed by atoms with van der Waals surface area (Å²) >= 11 is 0. The van der Waals surface area contributed by atoms with Crippen molar-refractivity contribution >= 4 is 5.91 Å². The van der Waals surface area contributed by atoms with Crippen molar-refractivity contribution in [3.63, 3.8) is 0 Å². The van der Waals surface area contributed by atoms with E-state index in [1.807, 2.05) is 6.08 Å². The van der Waals surface area contributed by atoms with Gasteiger partial charge in [-0.2, -0.15) is 0 Å². The summed E-state index contributed by atoms with van der Waals surface area (Å²) in [6, 6.07) is -0.613. The molecule has 0 fully saturated rings. The number of hydrogen-bond donors (Lipinski definition) is 3. The number of unbranched alkanes of at least 4 members (excludes halogenated alkanes) is 23. The lowest BCUT2D eigenvalue weighted by Gasteiger charge is -2.20. The van der Waals surface area contributed by atoms with Gasteiger partial charge in [0.1, 0.15) is 0 Å². The Kier molecular flexibility index (Phi) is 30.0. The molecule has 0 rings (SSSR count). The second-order valence-corrected chi connectivity index (χ2v) is 11.6. The van der Waals surface area contributed by atoms with E-state index >= 15 is 0 Å². The molecule has 1 amide bonds. The van der Waals surface area contributed by atoms with Crippen LogP contribution in [-0.2, 0) is 4.79 Å². The molecule has 3 N–H and O–H groups in total. The van der Waals surface area contributed by atoms with Crippen molar-refractivity contribution in [3.8, 4) is 0 Å². The van der Waals surface area contributed by atoms with Crippen LogP contribution in [0.5, 0.6) is 0 Å². The third-order valence-electron chi connectivity index (χ3n) is 7.77. The molecule has 4 nitrogen and oxygen atoms in total. The summed E-state index contributed by atoms with van der Waals surface area (Å²) in [5, 5.41) is 22.8. The lowest BCUT2D eigenvalue weighted by atomic mass is 10.0. The van der Waals surface area contributed by atoms with Crippen LogP contribution in [0.25, 0.3) is 0 Å². The molecule has 4 heteroatoms. The topological polar surface area (TPSA) is 69.6 Å². The third-order valence-corrected chi connectivity index (χ3v) is 7.77. The maximum atomic E-state index is 12.2. The van der Waals surface area contributed by atoms with Crippen molar-refractivity contribution < 1.29 is 15.0 Å². The zero-order chi connectivity index (χ0) is 27.9. The largest absolute Gasteiger partial charge is 0.394 e. The van der Waals surface area contributed by atoms with E-state index in [9.17, 15) is 15.0 Å². The van der Waals surface area contributed by atoms with E-state index in [1.54, 1.807) is 6.08 Å². The minimum absolute atomic E-state index is 0.0649. The van der Waals surface area contributed by atoms with Gasteiger partial charge in [0.05, 0.1) is 18.8 Å². The summed E-state index contributed by atoms with van der Waals surface area (Å²) in [5.41, 5.74) is 0. The number of amides is 1. The fourth-order valence-corrected chi connectivity index (χ4v) is 5.12. The van der Waals surface area contributed by atoms with Crippen LogP contribution in [0.3, 0.4) is 0 Å². The second kappa shape index (κ2) is 30.7. The number of carbonyl (C=O) groups excluding carboxylic acids is 1. The molecule has 0 aliphatic carbocycles. The van der Waals surface area contributed by atoms with Crippen LogP contribution in [0.15, 0.2) is 12.2 Å². The quantitative estimate of drug-likeness (QED) is 0.0631. The molecule has 0 radical (unpaired) electrons. The van der Waals surface area contributed by atoms with Gasteiger partial charge in [-0.15, -0.1) is 0 Å². The normalized spacial score (nSPS) is 13.3. The second-order valence-electron chi connectivity index (χ2n) is 11.6. The van der Waals surface area contributed by atoms with Gasteiger partial charge in [-0.25, -0.2) is 0 Å². The van der Waals surface area contributed by atoms with Crippen LogP contribution < -0.4 is 5.32 Å². The highest BCUT2D eigenvalue weighted by Crippen LogP contribution is 2.14. The summed E-state index contributed by atoms with van der Waals surface area (Å²) in [5.74, 6) is -0.0649. The standard InChI is InChI=1S/C34H67NO3/c1-3-5-7-9-11-13-15-16-17-18-19-20-22-24-26-28-30-34(38)35-32(31-36)33(37)29-27-25-23-21-14-12-10-8-6-4-2/h27,29,32-33,36-37H,3-26,28,30-31H2,1-2H3,(H,35,38)/b29-27+/t32-,33+/m0/s1. The first-order valence-electron chi connectivity index (χ1n) is 16.9. The predicted octanol–water partition coefficient (Wildman–Crippen LogP) is 9.56. The van der Waals surface area contributed by atoms with E-state index in [2.05, 4.69) is 19.2 Å². The number of aliphatic hydroxyl groups excluding tert-OH is 2. The smallest absolute Gasteiger partial charge is 0.220 e. The molecule has 0 spiro atoms. The molecule has 0 saturated heterocycles. The summed E-state index contributed by atoms with van der Waals surface area (Å²) in [6.45, 7) is 4.28. The van der Waals surface area contributed by atoms with E-state index in [0.717, 1.165) is 25.7 Å². The van der Waals surface area contributed by atoms with E-state index in [4.69, 9.17) is 0 Å². The molecule has 2 atom stereocenters. The lowest BCUT2D eigenvalue weighted by molar-refractivity contribution is -0.123. The average molecular weight is 538 g/mol. The third kappa shape index (κ3) is 26.7. The SMILES string of the molecule is CCCCCCCCCC/C=C/[C@@H](O)[C@H](CO)NC(=O)CCCCCCCCCCCCCCCCCC.